The quantitative estimate of drug-likeness (QED) is 0.753. The summed E-state index contributed by atoms with van der Waals surface area (Å²) in [5.41, 5.74) is 1.00. The summed E-state index contributed by atoms with van der Waals surface area (Å²) in [4.78, 5) is 28.8. The fourth-order valence-electron chi connectivity index (χ4n) is 3.38. The van der Waals surface area contributed by atoms with Gasteiger partial charge in [-0.15, -0.1) is 0 Å². The average molecular weight is 415 g/mol. The van der Waals surface area contributed by atoms with Gasteiger partial charge in [0.05, 0.1) is 14.2 Å². The highest BCUT2D eigenvalue weighted by Gasteiger charge is 2.23. The first-order valence-corrected chi connectivity index (χ1v) is 9.79. The van der Waals surface area contributed by atoms with Crippen LogP contribution in [-0.2, 0) is 4.79 Å². The Labute approximate surface area is 175 Å². The lowest BCUT2D eigenvalue weighted by molar-refractivity contribution is -0.116. The summed E-state index contributed by atoms with van der Waals surface area (Å²) in [5.74, 6) is 0.494. The molecule has 0 unspecified atom stereocenters. The lowest BCUT2D eigenvalue weighted by atomic mass is 10.1. The van der Waals surface area contributed by atoms with Crippen LogP contribution in [0.1, 0.15) is 16.8 Å². The van der Waals surface area contributed by atoms with Gasteiger partial charge in [-0.1, -0.05) is 6.07 Å². The summed E-state index contributed by atoms with van der Waals surface area (Å²) >= 11 is 0. The largest absolute Gasteiger partial charge is 0.493 e. The van der Waals surface area contributed by atoms with Gasteiger partial charge in [-0.25, -0.2) is 4.39 Å². The molecule has 0 spiro atoms. The number of methoxy groups -OCH3 is 2. The third kappa shape index (κ3) is 5.48. The number of hydrogen-bond acceptors (Lipinski definition) is 5. The van der Waals surface area contributed by atoms with Gasteiger partial charge in [0.25, 0.3) is 5.91 Å². The van der Waals surface area contributed by atoms with Crippen molar-refractivity contribution in [3.05, 3.63) is 53.8 Å². The molecule has 30 heavy (non-hydrogen) atoms. The number of piperazine rings is 1. The van der Waals surface area contributed by atoms with E-state index in [1.165, 1.54) is 19.2 Å². The van der Waals surface area contributed by atoms with Gasteiger partial charge in [0.2, 0.25) is 5.91 Å². The lowest BCUT2D eigenvalue weighted by Crippen LogP contribution is -2.49. The van der Waals surface area contributed by atoms with Gasteiger partial charge >= 0.3 is 0 Å². The summed E-state index contributed by atoms with van der Waals surface area (Å²) < 4.78 is 23.7. The van der Waals surface area contributed by atoms with Crippen molar-refractivity contribution in [2.45, 2.75) is 6.42 Å². The number of nitrogens with zero attached hydrogens (tertiary/aromatic N) is 2. The molecule has 0 radical (unpaired) electrons. The molecule has 1 fully saturated rings. The molecule has 0 aliphatic carbocycles. The van der Waals surface area contributed by atoms with Gasteiger partial charge in [-0.2, -0.15) is 0 Å². The van der Waals surface area contributed by atoms with E-state index in [1.54, 1.807) is 42.3 Å². The smallest absolute Gasteiger partial charge is 0.254 e. The van der Waals surface area contributed by atoms with E-state index in [0.29, 0.717) is 61.9 Å². The number of anilines is 1. The number of rotatable bonds is 7. The zero-order valence-corrected chi connectivity index (χ0v) is 17.2. The van der Waals surface area contributed by atoms with Gasteiger partial charge in [0, 0.05) is 50.4 Å². The summed E-state index contributed by atoms with van der Waals surface area (Å²) in [5, 5.41) is 2.70. The molecule has 2 aromatic rings. The molecule has 7 nitrogen and oxygen atoms in total. The second kappa shape index (κ2) is 10.1. The Balaban J connectivity index is 1.46. The van der Waals surface area contributed by atoms with Crippen LogP contribution in [0.3, 0.4) is 0 Å². The predicted octanol–water partition coefficient (Wildman–Crippen LogP) is 2.63. The van der Waals surface area contributed by atoms with Crippen molar-refractivity contribution < 1.29 is 23.5 Å². The van der Waals surface area contributed by atoms with Crippen LogP contribution in [-0.4, -0.2) is 68.6 Å². The molecule has 0 saturated carbocycles. The van der Waals surface area contributed by atoms with Crippen molar-refractivity contribution in [2.75, 3.05) is 52.3 Å². The number of ether oxygens (including phenoxy) is 2. The van der Waals surface area contributed by atoms with Crippen molar-refractivity contribution in [1.29, 1.82) is 0 Å². The molecule has 3 rings (SSSR count). The van der Waals surface area contributed by atoms with E-state index in [0.717, 1.165) is 0 Å². The van der Waals surface area contributed by atoms with E-state index in [9.17, 15) is 14.0 Å². The number of amides is 2. The fourth-order valence-corrected chi connectivity index (χ4v) is 3.38. The Bertz CT molecular complexity index is 898. The molecule has 1 saturated heterocycles. The zero-order chi connectivity index (χ0) is 21.5. The minimum atomic E-state index is -0.386. The third-order valence-corrected chi connectivity index (χ3v) is 5.05. The summed E-state index contributed by atoms with van der Waals surface area (Å²) in [7, 11) is 3.09. The number of benzene rings is 2. The standard InChI is InChI=1S/C22H26FN3O4/c1-29-19-7-6-16(14-20(19)30-2)22(28)26-12-10-25(11-13-26)9-8-21(27)24-18-5-3-4-17(23)15-18/h3-7,14-15H,8-13H2,1-2H3,(H,24,27). The van der Waals surface area contributed by atoms with Crippen molar-refractivity contribution in [2.24, 2.45) is 0 Å². The van der Waals surface area contributed by atoms with E-state index < -0.39 is 0 Å². The molecule has 2 amide bonds. The maximum Gasteiger partial charge on any atom is 0.254 e. The molecule has 1 N–H and O–H groups in total. The van der Waals surface area contributed by atoms with E-state index in [2.05, 4.69) is 10.2 Å². The molecule has 1 heterocycles. The fraction of sp³-hybridized carbons (Fsp3) is 0.364. The molecule has 0 aromatic heterocycles. The minimum absolute atomic E-state index is 0.0561. The van der Waals surface area contributed by atoms with Crippen LogP contribution in [0.4, 0.5) is 10.1 Å². The Hall–Kier alpha value is -3.13. The first-order valence-electron chi connectivity index (χ1n) is 9.79. The number of carbonyl (C=O) groups excluding carboxylic acids is 2. The van der Waals surface area contributed by atoms with Crippen LogP contribution in [0.15, 0.2) is 42.5 Å². The first-order chi connectivity index (χ1) is 14.5. The van der Waals surface area contributed by atoms with Gasteiger partial charge < -0.3 is 19.7 Å². The minimum Gasteiger partial charge on any atom is -0.493 e. The Morgan fingerprint density at radius 3 is 2.40 bits per heavy atom. The Kier molecular flexibility index (Phi) is 7.24. The normalized spacial score (nSPS) is 14.3. The maximum absolute atomic E-state index is 13.2. The third-order valence-electron chi connectivity index (χ3n) is 5.05. The first kappa shape index (κ1) is 21.6. The number of carbonyl (C=O) groups is 2. The van der Waals surface area contributed by atoms with E-state index in [4.69, 9.17) is 9.47 Å². The van der Waals surface area contributed by atoms with Crippen LogP contribution in [0.5, 0.6) is 11.5 Å². The van der Waals surface area contributed by atoms with Gasteiger partial charge in [-0.3, -0.25) is 14.5 Å². The van der Waals surface area contributed by atoms with Crippen LogP contribution in [0.2, 0.25) is 0 Å². The number of nitrogens with one attached hydrogen (secondary N) is 1. The molecule has 160 valence electrons. The van der Waals surface area contributed by atoms with Gasteiger partial charge in [0.1, 0.15) is 5.82 Å². The lowest BCUT2D eigenvalue weighted by Gasteiger charge is -2.34. The summed E-state index contributed by atoms with van der Waals surface area (Å²) in [6.07, 6.45) is 0.306. The maximum atomic E-state index is 13.2. The van der Waals surface area contributed by atoms with Crippen molar-refractivity contribution >= 4 is 17.5 Å². The molecule has 8 heteroatoms. The molecular weight excluding hydrogens is 389 g/mol. The van der Waals surface area contributed by atoms with Gasteiger partial charge in [0.15, 0.2) is 11.5 Å². The molecule has 1 aliphatic heterocycles. The van der Waals surface area contributed by atoms with Crippen LogP contribution >= 0.6 is 0 Å². The van der Waals surface area contributed by atoms with Gasteiger partial charge in [-0.05, 0) is 36.4 Å². The summed E-state index contributed by atoms with van der Waals surface area (Å²) in [6, 6.07) is 11.0. The number of hydrogen-bond donors (Lipinski definition) is 1. The highest BCUT2D eigenvalue weighted by molar-refractivity contribution is 5.95. The molecule has 0 atom stereocenters. The van der Waals surface area contributed by atoms with E-state index in [-0.39, 0.29) is 17.6 Å². The highest BCUT2D eigenvalue weighted by Crippen LogP contribution is 2.28. The zero-order valence-electron chi connectivity index (χ0n) is 17.2. The van der Waals surface area contributed by atoms with Crippen LogP contribution in [0.25, 0.3) is 0 Å². The second-order valence-electron chi connectivity index (χ2n) is 7.01. The van der Waals surface area contributed by atoms with Crippen LogP contribution < -0.4 is 14.8 Å². The summed E-state index contributed by atoms with van der Waals surface area (Å²) in [6.45, 7) is 3.12. The van der Waals surface area contributed by atoms with Crippen LogP contribution in [0, 0.1) is 5.82 Å². The van der Waals surface area contributed by atoms with E-state index in [1.807, 2.05) is 0 Å². The average Bonchev–Trinajstić information content (AvgIpc) is 2.77. The van der Waals surface area contributed by atoms with Crippen molar-refractivity contribution in [3.8, 4) is 11.5 Å². The molecular formula is C22H26FN3O4. The highest BCUT2D eigenvalue weighted by atomic mass is 19.1. The molecule has 0 bridgehead atoms. The predicted molar refractivity (Wildman–Crippen MR) is 112 cm³/mol. The second-order valence-corrected chi connectivity index (χ2v) is 7.01. The van der Waals surface area contributed by atoms with Crippen molar-refractivity contribution in [1.82, 2.24) is 9.80 Å². The van der Waals surface area contributed by atoms with E-state index >= 15 is 0 Å². The SMILES string of the molecule is COc1ccc(C(=O)N2CCN(CCC(=O)Nc3cccc(F)c3)CC2)cc1OC. The number of halogens is 1. The Morgan fingerprint density at radius 2 is 1.73 bits per heavy atom. The van der Waals surface area contributed by atoms with Crippen molar-refractivity contribution in [3.63, 3.8) is 0 Å². The monoisotopic (exact) mass is 415 g/mol. The molecule has 1 aliphatic rings. The Morgan fingerprint density at radius 1 is 1.00 bits per heavy atom. The molecule has 2 aromatic carbocycles. The topological polar surface area (TPSA) is 71.1 Å².